The molecule has 86 valence electrons. The summed E-state index contributed by atoms with van der Waals surface area (Å²) in [5, 5.41) is 0. The van der Waals surface area contributed by atoms with E-state index in [-0.39, 0.29) is 0 Å². The van der Waals surface area contributed by atoms with Gasteiger partial charge in [-0.15, -0.1) is 0 Å². The molecule has 1 aliphatic heterocycles. The number of halogens is 1. The second-order valence-corrected chi connectivity index (χ2v) is 6.98. The Morgan fingerprint density at radius 1 is 1.25 bits per heavy atom. The van der Waals surface area contributed by atoms with Gasteiger partial charge >= 0.3 is 0 Å². The lowest BCUT2D eigenvalue weighted by atomic mass is 10.3. The van der Waals surface area contributed by atoms with Crippen LogP contribution in [-0.2, 0) is 10.0 Å². The maximum Gasteiger partial charge on any atom is 0.243 e. The smallest absolute Gasteiger partial charge is 0.207 e. The van der Waals surface area contributed by atoms with Crippen LogP contribution in [0.3, 0.4) is 0 Å². The van der Waals surface area contributed by atoms with Crippen LogP contribution in [0.25, 0.3) is 0 Å². The van der Waals surface area contributed by atoms with Crippen LogP contribution >= 0.6 is 22.6 Å². The van der Waals surface area contributed by atoms with Gasteiger partial charge in [-0.05, 0) is 53.3 Å². The van der Waals surface area contributed by atoms with Crippen molar-refractivity contribution in [2.75, 3.05) is 13.1 Å². The minimum Gasteiger partial charge on any atom is -0.207 e. The van der Waals surface area contributed by atoms with Crippen molar-refractivity contribution < 1.29 is 8.42 Å². The van der Waals surface area contributed by atoms with Crippen LogP contribution < -0.4 is 0 Å². The van der Waals surface area contributed by atoms with Gasteiger partial charge in [-0.1, -0.05) is 12.2 Å². The minimum absolute atomic E-state index is 0.364. The summed E-state index contributed by atoms with van der Waals surface area (Å²) in [6.45, 7) is 4.82. The molecule has 0 unspecified atom stereocenters. The lowest BCUT2D eigenvalue weighted by Gasteiger charge is -2.15. The van der Waals surface area contributed by atoms with Crippen molar-refractivity contribution in [2.45, 2.75) is 11.3 Å². The number of hydrogen-bond donors (Lipinski definition) is 0. The predicted molar refractivity (Wildman–Crippen MR) is 71.7 cm³/mol. The Morgan fingerprint density at radius 2 is 1.88 bits per heavy atom. The third kappa shape index (κ3) is 2.31. The first-order valence-corrected chi connectivity index (χ1v) is 7.44. The number of rotatable bonds is 2. The highest BCUT2D eigenvalue weighted by molar-refractivity contribution is 14.1. The monoisotopic (exact) mass is 349 g/mol. The van der Waals surface area contributed by atoms with Crippen LogP contribution in [0.5, 0.6) is 0 Å². The van der Waals surface area contributed by atoms with Gasteiger partial charge in [0.15, 0.2) is 0 Å². The van der Waals surface area contributed by atoms with Crippen molar-refractivity contribution in [3.63, 3.8) is 0 Å². The summed E-state index contributed by atoms with van der Waals surface area (Å²) < 4.78 is 26.9. The zero-order valence-corrected chi connectivity index (χ0v) is 11.7. The molecule has 1 aliphatic rings. The van der Waals surface area contributed by atoms with E-state index in [4.69, 9.17) is 0 Å². The van der Waals surface area contributed by atoms with Gasteiger partial charge in [-0.3, -0.25) is 0 Å². The summed E-state index contributed by atoms with van der Waals surface area (Å²) in [4.78, 5) is 0.364. The van der Waals surface area contributed by atoms with Crippen molar-refractivity contribution in [1.29, 1.82) is 0 Å². The lowest BCUT2D eigenvalue weighted by molar-refractivity contribution is 0.481. The highest BCUT2D eigenvalue weighted by Gasteiger charge is 2.28. The Morgan fingerprint density at radius 3 is 2.38 bits per heavy atom. The molecule has 0 amide bonds. The topological polar surface area (TPSA) is 37.4 Å². The van der Waals surface area contributed by atoms with E-state index in [0.717, 1.165) is 15.6 Å². The van der Waals surface area contributed by atoms with Crippen LogP contribution in [0.15, 0.2) is 41.3 Å². The van der Waals surface area contributed by atoms with Gasteiger partial charge in [0.2, 0.25) is 10.0 Å². The van der Waals surface area contributed by atoms with Crippen LogP contribution in [0.2, 0.25) is 0 Å². The standard InChI is InChI=1S/C11H12INO2S/c1-9-6-7-13(8-9)16(14,15)11-4-2-10(12)3-5-11/h2-5H,1,6-8H2. The van der Waals surface area contributed by atoms with Gasteiger partial charge < -0.3 is 0 Å². The van der Waals surface area contributed by atoms with Crippen molar-refractivity contribution in [2.24, 2.45) is 0 Å². The van der Waals surface area contributed by atoms with Gasteiger partial charge in [0.05, 0.1) is 4.90 Å². The highest BCUT2D eigenvalue weighted by atomic mass is 127. The Bertz CT molecular complexity index is 507. The first kappa shape index (κ1) is 12.1. The molecule has 1 aromatic rings. The molecule has 16 heavy (non-hydrogen) atoms. The molecule has 2 rings (SSSR count). The molecular weight excluding hydrogens is 337 g/mol. The van der Waals surface area contributed by atoms with E-state index in [9.17, 15) is 8.42 Å². The summed E-state index contributed by atoms with van der Waals surface area (Å²) in [6, 6.07) is 6.91. The fourth-order valence-electron chi connectivity index (χ4n) is 1.65. The fourth-order valence-corrected chi connectivity index (χ4v) is 3.47. The number of sulfonamides is 1. The Kier molecular flexibility index (Phi) is 3.37. The van der Waals surface area contributed by atoms with Gasteiger partial charge in [0, 0.05) is 16.7 Å². The molecule has 0 atom stereocenters. The maximum atomic E-state index is 12.2. The maximum absolute atomic E-state index is 12.2. The number of nitrogens with zero attached hydrogens (tertiary/aromatic N) is 1. The van der Waals surface area contributed by atoms with Crippen molar-refractivity contribution in [3.8, 4) is 0 Å². The molecule has 1 aromatic carbocycles. The molecule has 1 fully saturated rings. The summed E-state index contributed by atoms with van der Waals surface area (Å²) in [5.74, 6) is 0. The number of hydrogen-bond acceptors (Lipinski definition) is 2. The summed E-state index contributed by atoms with van der Waals surface area (Å²) in [6.07, 6.45) is 0.767. The Labute approximate surface area is 109 Å². The normalized spacial score (nSPS) is 17.9. The zero-order chi connectivity index (χ0) is 11.8. The van der Waals surface area contributed by atoms with Crippen LogP contribution in [-0.4, -0.2) is 25.8 Å². The fraction of sp³-hybridized carbons (Fsp3) is 0.273. The van der Waals surface area contributed by atoms with E-state index < -0.39 is 10.0 Å². The zero-order valence-electron chi connectivity index (χ0n) is 8.69. The van der Waals surface area contributed by atoms with E-state index in [2.05, 4.69) is 29.2 Å². The van der Waals surface area contributed by atoms with Gasteiger partial charge in [-0.25, -0.2) is 8.42 Å². The minimum atomic E-state index is -3.32. The Hall–Kier alpha value is -0.400. The van der Waals surface area contributed by atoms with E-state index in [0.29, 0.717) is 18.0 Å². The third-order valence-electron chi connectivity index (χ3n) is 2.57. The summed E-state index contributed by atoms with van der Waals surface area (Å²) in [7, 11) is -3.32. The predicted octanol–water partition coefficient (Wildman–Crippen LogP) is 2.24. The van der Waals surface area contributed by atoms with Gasteiger partial charge in [-0.2, -0.15) is 4.31 Å². The third-order valence-corrected chi connectivity index (χ3v) is 5.14. The largest absolute Gasteiger partial charge is 0.243 e. The first-order chi connectivity index (χ1) is 7.50. The Balaban J connectivity index is 2.32. The van der Waals surface area contributed by atoms with Gasteiger partial charge in [0.1, 0.15) is 0 Å². The molecule has 5 heteroatoms. The molecule has 1 heterocycles. The molecule has 0 aromatic heterocycles. The van der Waals surface area contributed by atoms with E-state index in [1.807, 2.05) is 0 Å². The quantitative estimate of drug-likeness (QED) is 0.607. The molecule has 0 spiro atoms. The second kappa shape index (κ2) is 4.46. The molecular formula is C11H12INO2S. The van der Waals surface area contributed by atoms with E-state index >= 15 is 0 Å². The average molecular weight is 349 g/mol. The molecule has 0 N–H and O–H groups in total. The molecule has 0 bridgehead atoms. The molecule has 1 saturated heterocycles. The number of benzene rings is 1. The van der Waals surface area contributed by atoms with E-state index in [1.165, 1.54) is 4.31 Å². The van der Waals surface area contributed by atoms with Crippen LogP contribution in [0.1, 0.15) is 6.42 Å². The molecule has 0 aliphatic carbocycles. The highest BCUT2D eigenvalue weighted by Crippen LogP contribution is 2.23. The summed E-state index contributed by atoms with van der Waals surface area (Å²) in [5.41, 5.74) is 0.981. The molecule has 0 saturated carbocycles. The van der Waals surface area contributed by atoms with E-state index in [1.54, 1.807) is 24.3 Å². The summed E-state index contributed by atoms with van der Waals surface area (Å²) >= 11 is 2.15. The molecule has 3 nitrogen and oxygen atoms in total. The van der Waals surface area contributed by atoms with Crippen LogP contribution in [0, 0.1) is 3.57 Å². The van der Waals surface area contributed by atoms with Crippen molar-refractivity contribution >= 4 is 32.6 Å². The second-order valence-electron chi connectivity index (χ2n) is 3.79. The van der Waals surface area contributed by atoms with Gasteiger partial charge in [0.25, 0.3) is 0 Å². The SMILES string of the molecule is C=C1CCN(S(=O)(=O)c2ccc(I)cc2)C1. The van der Waals surface area contributed by atoms with Crippen molar-refractivity contribution in [1.82, 2.24) is 4.31 Å². The molecule has 0 radical (unpaired) electrons. The van der Waals surface area contributed by atoms with Crippen molar-refractivity contribution in [3.05, 3.63) is 40.0 Å². The first-order valence-electron chi connectivity index (χ1n) is 4.92. The lowest BCUT2D eigenvalue weighted by Crippen LogP contribution is -2.27. The van der Waals surface area contributed by atoms with Crippen LogP contribution in [0.4, 0.5) is 0 Å². The average Bonchev–Trinajstić information content (AvgIpc) is 2.66.